The second-order valence-electron chi connectivity index (χ2n) is 10.7. The van der Waals surface area contributed by atoms with Gasteiger partial charge in [-0.05, 0) is 36.7 Å². The van der Waals surface area contributed by atoms with Crippen LogP contribution in [0, 0.1) is 0 Å². The molecule has 0 amide bonds. The first-order chi connectivity index (χ1) is 15.6. The lowest BCUT2D eigenvalue weighted by Gasteiger charge is -2.30. The smallest absolute Gasteiger partial charge is 0.186 e. The van der Waals surface area contributed by atoms with Crippen molar-refractivity contribution in [3.63, 3.8) is 0 Å². The summed E-state index contributed by atoms with van der Waals surface area (Å²) in [6, 6.07) is 10.2. The van der Waals surface area contributed by atoms with Crippen LogP contribution in [0.25, 0.3) is 0 Å². The van der Waals surface area contributed by atoms with Crippen LogP contribution in [0.3, 0.4) is 0 Å². The van der Waals surface area contributed by atoms with Gasteiger partial charge in [0, 0.05) is 26.2 Å². The van der Waals surface area contributed by atoms with Crippen LogP contribution >= 0.6 is 0 Å². The van der Waals surface area contributed by atoms with Gasteiger partial charge < -0.3 is 4.43 Å². The molecule has 184 valence electrons. The topological polar surface area (TPSA) is 12.5 Å². The highest BCUT2D eigenvalue weighted by molar-refractivity contribution is 6.71. The molecular formula is C29H53NOSi. The van der Waals surface area contributed by atoms with Gasteiger partial charge in [-0.15, -0.1) is 0 Å². The van der Waals surface area contributed by atoms with Gasteiger partial charge in [-0.25, -0.2) is 0 Å². The lowest BCUT2D eigenvalue weighted by molar-refractivity contribution is 0.191. The summed E-state index contributed by atoms with van der Waals surface area (Å²) in [7, 11) is -1.49. The minimum Gasteiger partial charge on any atom is -0.416 e. The molecule has 0 unspecified atom stereocenters. The molecule has 1 aliphatic heterocycles. The molecule has 3 heteroatoms. The Kier molecular flexibility index (Phi) is 14.6. The maximum atomic E-state index is 6.43. The molecule has 1 aliphatic rings. The predicted octanol–water partition coefficient (Wildman–Crippen LogP) is 8.75. The van der Waals surface area contributed by atoms with Crippen molar-refractivity contribution in [1.29, 1.82) is 0 Å². The monoisotopic (exact) mass is 459 g/mol. The van der Waals surface area contributed by atoms with Gasteiger partial charge in [0.15, 0.2) is 8.32 Å². The minimum atomic E-state index is -1.49. The highest BCUT2D eigenvalue weighted by Crippen LogP contribution is 2.20. The summed E-state index contributed by atoms with van der Waals surface area (Å²) >= 11 is 0. The molecule has 2 rings (SSSR count). The molecule has 0 atom stereocenters. The molecule has 1 aromatic rings. The van der Waals surface area contributed by atoms with Crippen LogP contribution in [0.4, 0.5) is 0 Å². The van der Waals surface area contributed by atoms with Crippen LogP contribution in [0.5, 0.6) is 0 Å². The fourth-order valence-corrected chi connectivity index (χ4v) is 6.90. The Morgan fingerprint density at radius 3 is 1.88 bits per heavy atom. The zero-order valence-corrected chi connectivity index (χ0v) is 22.8. The van der Waals surface area contributed by atoms with E-state index in [0.717, 1.165) is 19.7 Å². The third-order valence-corrected chi connectivity index (χ3v) is 9.79. The predicted molar refractivity (Wildman–Crippen MR) is 144 cm³/mol. The van der Waals surface area contributed by atoms with Gasteiger partial charge >= 0.3 is 0 Å². The Bertz CT molecular complexity index is 588. The quantitative estimate of drug-likeness (QED) is 0.151. The highest BCUT2D eigenvalue weighted by atomic mass is 28.4. The molecule has 32 heavy (non-hydrogen) atoms. The lowest BCUT2D eigenvalue weighted by atomic mass is 10.0. The van der Waals surface area contributed by atoms with Crippen molar-refractivity contribution in [2.45, 2.75) is 129 Å². The summed E-state index contributed by atoms with van der Waals surface area (Å²) in [5.74, 6) is 0. The third kappa shape index (κ3) is 12.6. The molecule has 0 radical (unpaired) electrons. The van der Waals surface area contributed by atoms with E-state index in [1.807, 2.05) is 0 Å². The van der Waals surface area contributed by atoms with Gasteiger partial charge in [0.05, 0.1) is 0 Å². The van der Waals surface area contributed by atoms with Crippen molar-refractivity contribution in [2.24, 2.45) is 0 Å². The Labute approximate surface area is 201 Å². The standard InChI is InChI=1S/C29H53NOSi/c1-4-5-6-7-8-9-10-11-12-13-14-15-16-19-26-32(2,3)31-25-24-30-23-22-28-20-17-18-21-29(28)27-30/h17-18,20-21H,4-16,19,22-27H2,1-3H3. The summed E-state index contributed by atoms with van der Waals surface area (Å²) < 4.78 is 6.43. The lowest BCUT2D eigenvalue weighted by Crippen LogP contribution is -2.37. The molecule has 1 heterocycles. The molecule has 0 spiro atoms. The molecule has 0 saturated carbocycles. The fourth-order valence-electron chi connectivity index (χ4n) is 5.01. The Balaban J connectivity index is 1.38. The summed E-state index contributed by atoms with van der Waals surface area (Å²) in [6.45, 7) is 11.4. The van der Waals surface area contributed by atoms with Gasteiger partial charge in [0.1, 0.15) is 0 Å². The normalized spacial score (nSPS) is 14.6. The second-order valence-corrected chi connectivity index (χ2v) is 15.1. The van der Waals surface area contributed by atoms with Crippen LogP contribution in [-0.2, 0) is 17.4 Å². The SMILES string of the molecule is CCCCCCCCCCCCCCCC[Si](C)(C)OCCN1CCc2ccccc2C1. The Morgan fingerprint density at radius 1 is 0.750 bits per heavy atom. The number of fused-ring (bicyclic) bond motifs is 1. The van der Waals surface area contributed by atoms with E-state index in [1.165, 1.54) is 120 Å². The molecular weight excluding hydrogens is 406 g/mol. The largest absolute Gasteiger partial charge is 0.416 e. The Hall–Kier alpha value is -0.643. The van der Waals surface area contributed by atoms with E-state index in [9.17, 15) is 0 Å². The van der Waals surface area contributed by atoms with E-state index >= 15 is 0 Å². The first kappa shape index (κ1) is 27.6. The summed E-state index contributed by atoms with van der Waals surface area (Å²) in [4.78, 5) is 2.57. The van der Waals surface area contributed by atoms with Gasteiger partial charge in [0.25, 0.3) is 0 Å². The van der Waals surface area contributed by atoms with Crippen molar-refractivity contribution in [2.75, 3.05) is 19.7 Å². The highest BCUT2D eigenvalue weighted by Gasteiger charge is 2.22. The molecule has 0 aliphatic carbocycles. The number of unbranched alkanes of at least 4 members (excludes halogenated alkanes) is 13. The molecule has 0 N–H and O–H groups in total. The average molecular weight is 460 g/mol. The van der Waals surface area contributed by atoms with Crippen molar-refractivity contribution in [3.05, 3.63) is 35.4 Å². The van der Waals surface area contributed by atoms with Gasteiger partial charge in [-0.1, -0.05) is 121 Å². The van der Waals surface area contributed by atoms with Gasteiger partial charge in [-0.2, -0.15) is 0 Å². The molecule has 0 bridgehead atoms. The van der Waals surface area contributed by atoms with E-state index in [1.54, 1.807) is 0 Å². The molecule has 1 aromatic carbocycles. The van der Waals surface area contributed by atoms with Gasteiger partial charge in [0.2, 0.25) is 0 Å². The van der Waals surface area contributed by atoms with Crippen molar-refractivity contribution < 1.29 is 4.43 Å². The van der Waals surface area contributed by atoms with Crippen LogP contribution in [0.15, 0.2) is 24.3 Å². The number of benzene rings is 1. The number of nitrogens with zero attached hydrogens (tertiary/aromatic N) is 1. The second kappa shape index (κ2) is 16.9. The van der Waals surface area contributed by atoms with Crippen molar-refractivity contribution in [3.8, 4) is 0 Å². The van der Waals surface area contributed by atoms with Crippen molar-refractivity contribution in [1.82, 2.24) is 4.90 Å². The Morgan fingerprint density at radius 2 is 1.28 bits per heavy atom. The average Bonchev–Trinajstić information content (AvgIpc) is 2.79. The number of hydrogen-bond acceptors (Lipinski definition) is 2. The van der Waals surface area contributed by atoms with Crippen LogP contribution in [-0.4, -0.2) is 32.9 Å². The maximum Gasteiger partial charge on any atom is 0.186 e. The van der Waals surface area contributed by atoms with E-state index < -0.39 is 8.32 Å². The third-order valence-electron chi connectivity index (χ3n) is 7.24. The van der Waals surface area contributed by atoms with E-state index in [0.29, 0.717) is 0 Å². The molecule has 2 nitrogen and oxygen atoms in total. The zero-order chi connectivity index (χ0) is 22.9. The van der Waals surface area contributed by atoms with Crippen LogP contribution < -0.4 is 0 Å². The zero-order valence-electron chi connectivity index (χ0n) is 21.8. The first-order valence-corrected chi connectivity index (χ1v) is 17.2. The van der Waals surface area contributed by atoms with Crippen LogP contribution in [0.2, 0.25) is 19.1 Å². The fraction of sp³-hybridized carbons (Fsp3) is 0.793. The van der Waals surface area contributed by atoms with Crippen LogP contribution in [0.1, 0.15) is 108 Å². The summed E-state index contributed by atoms with van der Waals surface area (Å²) in [5.41, 5.74) is 3.05. The number of rotatable bonds is 19. The van der Waals surface area contributed by atoms with E-state index in [4.69, 9.17) is 4.43 Å². The van der Waals surface area contributed by atoms with Gasteiger partial charge in [-0.3, -0.25) is 4.90 Å². The number of hydrogen-bond donors (Lipinski definition) is 0. The van der Waals surface area contributed by atoms with E-state index in [-0.39, 0.29) is 0 Å². The molecule has 0 aromatic heterocycles. The van der Waals surface area contributed by atoms with E-state index in [2.05, 4.69) is 49.2 Å². The molecule has 0 saturated heterocycles. The maximum absolute atomic E-state index is 6.43. The molecule has 0 fully saturated rings. The minimum absolute atomic E-state index is 0.917. The summed E-state index contributed by atoms with van der Waals surface area (Å²) in [5, 5.41) is 0. The first-order valence-electron chi connectivity index (χ1n) is 14.0. The van der Waals surface area contributed by atoms with Crippen molar-refractivity contribution >= 4 is 8.32 Å². The summed E-state index contributed by atoms with van der Waals surface area (Å²) in [6.07, 6.45) is 21.3.